The van der Waals surface area contributed by atoms with Crippen LogP contribution in [0.4, 0.5) is 4.79 Å². The van der Waals surface area contributed by atoms with Crippen LogP contribution in [0, 0.1) is 0 Å². The van der Waals surface area contributed by atoms with Crippen molar-refractivity contribution in [3.63, 3.8) is 0 Å². The molecule has 2 N–H and O–H groups in total. The third-order valence-corrected chi connectivity index (χ3v) is 2.25. The van der Waals surface area contributed by atoms with Crippen LogP contribution in [0.1, 0.15) is 26.2 Å². The van der Waals surface area contributed by atoms with E-state index >= 15 is 0 Å². The van der Waals surface area contributed by atoms with Crippen molar-refractivity contribution >= 4 is 23.8 Å². The van der Waals surface area contributed by atoms with Crippen molar-refractivity contribution in [3.8, 4) is 0 Å². The van der Waals surface area contributed by atoms with Gasteiger partial charge in [-0.15, -0.1) is 0 Å². The molecule has 0 aromatic rings. The minimum absolute atomic E-state index is 0.133. The second kappa shape index (κ2) is 5.97. The van der Waals surface area contributed by atoms with Crippen molar-refractivity contribution in [2.45, 2.75) is 26.2 Å². The summed E-state index contributed by atoms with van der Waals surface area (Å²) >= 11 is 0. The Bertz CT molecular complexity index is 337. The van der Waals surface area contributed by atoms with Gasteiger partial charge in [0.2, 0.25) is 17.7 Å². The largest absolute Gasteiger partial charge is 0.338 e. The molecular formula is C10H15N3O4. The predicted octanol–water partition coefficient (Wildman–Crippen LogP) is -0.629. The quantitative estimate of drug-likeness (QED) is 0.641. The number of nitrogens with zero attached hydrogens (tertiary/aromatic N) is 1. The zero-order valence-electron chi connectivity index (χ0n) is 9.62. The Labute approximate surface area is 98.5 Å². The molecule has 1 fully saturated rings. The maximum atomic E-state index is 11.3. The smallest absolute Gasteiger partial charge is 0.321 e. The summed E-state index contributed by atoms with van der Waals surface area (Å²) in [4.78, 5) is 45.7. The fourth-order valence-corrected chi connectivity index (χ4v) is 1.39. The van der Waals surface area contributed by atoms with Gasteiger partial charge in [-0.05, 0) is 6.42 Å². The Kier molecular flexibility index (Phi) is 4.62. The summed E-state index contributed by atoms with van der Waals surface area (Å²) in [5.74, 6) is -1.42. The molecule has 94 valence electrons. The van der Waals surface area contributed by atoms with E-state index in [-0.39, 0.29) is 24.7 Å². The fourth-order valence-electron chi connectivity index (χ4n) is 1.39. The second-order valence-electron chi connectivity index (χ2n) is 3.68. The number of urea groups is 1. The van der Waals surface area contributed by atoms with Gasteiger partial charge in [-0.1, -0.05) is 6.92 Å². The monoisotopic (exact) mass is 241 g/mol. The predicted molar refractivity (Wildman–Crippen MR) is 57.8 cm³/mol. The summed E-state index contributed by atoms with van der Waals surface area (Å²) in [6.45, 7) is 1.95. The third-order valence-electron chi connectivity index (χ3n) is 2.25. The normalized spacial score (nSPS) is 15.0. The molecule has 0 bridgehead atoms. The van der Waals surface area contributed by atoms with Gasteiger partial charge < -0.3 is 5.32 Å². The first-order valence-electron chi connectivity index (χ1n) is 5.45. The number of amides is 5. The molecule has 7 nitrogen and oxygen atoms in total. The topological polar surface area (TPSA) is 95.6 Å². The number of imide groups is 2. The number of nitrogens with one attached hydrogen (secondary N) is 2. The average Bonchev–Trinajstić information content (AvgIpc) is 2.58. The van der Waals surface area contributed by atoms with E-state index in [0.29, 0.717) is 6.54 Å². The number of hydrogen-bond acceptors (Lipinski definition) is 4. The molecule has 0 aliphatic carbocycles. The van der Waals surface area contributed by atoms with Crippen molar-refractivity contribution in [2.24, 2.45) is 0 Å². The number of hydrogen-bond donors (Lipinski definition) is 2. The molecule has 0 unspecified atom stereocenters. The van der Waals surface area contributed by atoms with Crippen molar-refractivity contribution in [1.29, 1.82) is 0 Å². The van der Waals surface area contributed by atoms with E-state index in [9.17, 15) is 19.2 Å². The summed E-state index contributed by atoms with van der Waals surface area (Å²) in [7, 11) is 0. The van der Waals surface area contributed by atoms with E-state index in [1.165, 1.54) is 0 Å². The highest BCUT2D eigenvalue weighted by atomic mass is 16.2. The van der Waals surface area contributed by atoms with Gasteiger partial charge in [0.25, 0.3) is 0 Å². The average molecular weight is 241 g/mol. The highest BCUT2D eigenvalue weighted by molar-refractivity contribution is 6.06. The summed E-state index contributed by atoms with van der Waals surface area (Å²) in [5.41, 5.74) is 0. The van der Waals surface area contributed by atoms with Crippen molar-refractivity contribution in [1.82, 2.24) is 15.5 Å². The molecule has 5 amide bonds. The van der Waals surface area contributed by atoms with Gasteiger partial charge in [0.15, 0.2) is 0 Å². The molecule has 0 aromatic carbocycles. The summed E-state index contributed by atoms with van der Waals surface area (Å²) in [5, 5.41) is 4.50. The first-order chi connectivity index (χ1) is 8.04. The van der Waals surface area contributed by atoms with E-state index in [2.05, 4.69) is 5.32 Å². The van der Waals surface area contributed by atoms with Crippen LogP contribution in [0.3, 0.4) is 0 Å². The standard InChI is InChI=1S/C10H15N3O4/c1-2-5-11-10(17)12-7(14)6-13-8(15)3-4-9(13)16/h2-6H2,1H3,(H2,11,12,14,17). The Balaban J connectivity index is 2.36. The van der Waals surface area contributed by atoms with E-state index in [1.54, 1.807) is 0 Å². The lowest BCUT2D eigenvalue weighted by atomic mass is 10.4. The maximum absolute atomic E-state index is 11.3. The van der Waals surface area contributed by atoms with Crippen LogP contribution in [0.5, 0.6) is 0 Å². The van der Waals surface area contributed by atoms with Gasteiger partial charge in [0, 0.05) is 19.4 Å². The minimum Gasteiger partial charge on any atom is -0.338 e. The molecule has 0 spiro atoms. The summed E-state index contributed by atoms with van der Waals surface area (Å²) in [6, 6.07) is -0.615. The molecule has 1 heterocycles. The molecule has 0 radical (unpaired) electrons. The molecule has 1 aliphatic rings. The number of carbonyl (C=O) groups is 4. The zero-order chi connectivity index (χ0) is 12.8. The van der Waals surface area contributed by atoms with E-state index in [0.717, 1.165) is 11.3 Å². The highest BCUT2D eigenvalue weighted by Crippen LogP contribution is 2.10. The van der Waals surface area contributed by atoms with Crippen molar-refractivity contribution < 1.29 is 19.2 Å². The molecule has 7 heteroatoms. The van der Waals surface area contributed by atoms with Gasteiger partial charge in [-0.25, -0.2) is 4.79 Å². The van der Waals surface area contributed by atoms with Crippen LogP contribution in [-0.4, -0.2) is 41.7 Å². The number of rotatable bonds is 4. The highest BCUT2D eigenvalue weighted by Gasteiger charge is 2.30. The molecule has 0 atom stereocenters. The lowest BCUT2D eigenvalue weighted by Crippen LogP contribution is -2.45. The van der Waals surface area contributed by atoms with Crippen LogP contribution < -0.4 is 10.6 Å². The molecule has 1 rings (SSSR count). The maximum Gasteiger partial charge on any atom is 0.321 e. The Morgan fingerprint density at radius 1 is 1.24 bits per heavy atom. The number of carbonyl (C=O) groups excluding carboxylic acids is 4. The molecule has 1 aliphatic heterocycles. The molecule has 0 saturated carbocycles. The van der Waals surface area contributed by atoms with Crippen LogP contribution >= 0.6 is 0 Å². The first kappa shape index (κ1) is 13.1. The Hall–Kier alpha value is -1.92. The molecular weight excluding hydrogens is 226 g/mol. The van der Waals surface area contributed by atoms with Crippen LogP contribution in [0.25, 0.3) is 0 Å². The van der Waals surface area contributed by atoms with E-state index < -0.39 is 18.5 Å². The fraction of sp³-hybridized carbons (Fsp3) is 0.600. The van der Waals surface area contributed by atoms with E-state index in [1.807, 2.05) is 12.2 Å². The molecule has 1 saturated heterocycles. The zero-order valence-corrected chi connectivity index (χ0v) is 9.62. The Morgan fingerprint density at radius 3 is 2.35 bits per heavy atom. The number of likely N-dealkylation sites (tertiary alicyclic amines) is 1. The van der Waals surface area contributed by atoms with Crippen molar-refractivity contribution in [3.05, 3.63) is 0 Å². The molecule has 0 aromatic heterocycles. The summed E-state index contributed by atoms with van der Waals surface area (Å²) < 4.78 is 0. The van der Waals surface area contributed by atoms with Gasteiger partial charge >= 0.3 is 6.03 Å². The van der Waals surface area contributed by atoms with Gasteiger partial charge in [0.05, 0.1) is 0 Å². The minimum atomic E-state index is -0.665. The lowest BCUT2D eigenvalue weighted by molar-refractivity contribution is -0.142. The Morgan fingerprint density at radius 2 is 1.82 bits per heavy atom. The summed E-state index contributed by atoms with van der Waals surface area (Å²) in [6.07, 6.45) is 1.02. The third kappa shape index (κ3) is 3.86. The van der Waals surface area contributed by atoms with Crippen LogP contribution in [0.15, 0.2) is 0 Å². The van der Waals surface area contributed by atoms with E-state index in [4.69, 9.17) is 0 Å². The second-order valence-corrected chi connectivity index (χ2v) is 3.68. The lowest BCUT2D eigenvalue weighted by Gasteiger charge is -2.12. The SMILES string of the molecule is CCCNC(=O)NC(=O)CN1C(=O)CCC1=O. The van der Waals surface area contributed by atoms with Gasteiger partial charge in [0.1, 0.15) is 6.54 Å². The van der Waals surface area contributed by atoms with Gasteiger partial charge in [-0.3, -0.25) is 24.6 Å². The first-order valence-corrected chi connectivity index (χ1v) is 5.45. The van der Waals surface area contributed by atoms with Crippen molar-refractivity contribution in [2.75, 3.05) is 13.1 Å². The molecule has 17 heavy (non-hydrogen) atoms. The van der Waals surface area contributed by atoms with Gasteiger partial charge in [-0.2, -0.15) is 0 Å². The van der Waals surface area contributed by atoms with Crippen LogP contribution in [-0.2, 0) is 14.4 Å². The van der Waals surface area contributed by atoms with Crippen LogP contribution in [0.2, 0.25) is 0 Å².